The third-order valence-corrected chi connectivity index (χ3v) is 4.38. The third-order valence-electron chi connectivity index (χ3n) is 2.09. The molecule has 17 heavy (non-hydrogen) atoms. The minimum Gasteiger partial charge on any atom is -0.220 e. The molecule has 88 valence electrons. The number of hydrogen-bond donors (Lipinski definition) is 0. The second-order valence-electron chi connectivity index (χ2n) is 3.34. The molecule has 0 unspecified atom stereocenters. The number of hydrogen-bond acceptors (Lipinski definition) is 2. The van der Waals surface area contributed by atoms with Crippen LogP contribution in [-0.4, -0.2) is 9.97 Å². The molecule has 0 saturated heterocycles. The molecule has 1 heterocycles. The van der Waals surface area contributed by atoms with E-state index < -0.39 is 0 Å². The van der Waals surface area contributed by atoms with Crippen molar-refractivity contribution < 1.29 is 0 Å². The summed E-state index contributed by atoms with van der Waals surface area (Å²) in [5.41, 5.74) is 1.10. The Bertz CT molecular complexity index is 521. The van der Waals surface area contributed by atoms with Crippen LogP contribution in [-0.2, 0) is 6.42 Å². The van der Waals surface area contributed by atoms with Gasteiger partial charge >= 0.3 is 0 Å². The average Bonchev–Trinajstić information content (AvgIpc) is 2.29. The van der Waals surface area contributed by atoms with Gasteiger partial charge < -0.3 is 0 Å². The van der Waals surface area contributed by atoms with Crippen molar-refractivity contribution in [2.75, 3.05) is 0 Å². The first kappa shape index (κ1) is 13.3. The van der Waals surface area contributed by atoms with E-state index in [1.807, 2.05) is 24.3 Å². The zero-order chi connectivity index (χ0) is 12.4. The molecule has 1 aromatic carbocycles. The maximum absolute atomic E-state index is 5.92. The summed E-state index contributed by atoms with van der Waals surface area (Å²) in [4.78, 5) is 8.33. The highest BCUT2D eigenvalue weighted by atomic mass is 79.9. The molecular formula is C11H6Br2Cl2N2. The van der Waals surface area contributed by atoms with Crippen molar-refractivity contribution in [3.63, 3.8) is 0 Å². The van der Waals surface area contributed by atoms with Gasteiger partial charge in [-0.1, -0.05) is 51.3 Å². The molecule has 0 aliphatic carbocycles. The van der Waals surface area contributed by atoms with Crippen molar-refractivity contribution in [2.45, 2.75) is 6.42 Å². The van der Waals surface area contributed by atoms with Crippen LogP contribution in [0.1, 0.15) is 11.4 Å². The fourth-order valence-corrected chi connectivity index (χ4v) is 2.16. The summed E-state index contributed by atoms with van der Waals surface area (Å²) in [7, 11) is 0. The first-order valence-corrected chi connectivity index (χ1v) is 7.02. The number of aromatic nitrogens is 2. The van der Waals surface area contributed by atoms with Gasteiger partial charge in [-0.15, -0.1) is 0 Å². The largest absolute Gasteiger partial charge is 0.220 e. The van der Waals surface area contributed by atoms with Crippen molar-refractivity contribution in [3.05, 3.63) is 54.9 Å². The Morgan fingerprint density at radius 3 is 2.00 bits per heavy atom. The van der Waals surface area contributed by atoms with Crippen molar-refractivity contribution >= 4 is 55.1 Å². The van der Waals surface area contributed by atoms with Crippen LogP contribution in [0.4, 0.5) is 0 Å². The Hall–Kier alpha value is -0.160. The van der Waals surface area contributed by atoms with E-state index in [0.29, 0.717) is 27.0 Å². The van der Waals surface area contributed by atoms with Crippen molar-refractivity contribution in [3.8, 4) is 0 Å². The average molecular weight is 397 g/mol. The molecule has 0 atom stereocenters. The molecule has 0 bridgehead atoms. The molecule has 0 fully saturated rings. The number of halogens is 4. The third kappa shape index (κ3) is 3.41. The van der Waals surface area contributed by atoms with Crippen LogP contribution in [0.15, 0.2) is 33.2 Å². The highest BCUT2D eigenvalue weighted by Crippen LogP contribution is 2.27. The summed E-state index contributed by atoms with van der Waals surface area (Å²) in [6, 6.07) is 7.93. The number of benzene rings is 1. The van der Waals surface area contributed by atoms with E-state index >= 15 is 0 Å². The first-order valence-electron chi connectivity index (χ1n) is 4.68. The van der Waals surface area contributed by atoms with Gasteiger partial charge in [-0.25, -0.2) is 9.97 Å². The van der Waals surface area contributed by atoms with E-state index in [-0.39, 0.29) is 0 Å². The van der Waals surface area contributed by atoms with Crippen LogP contribution in [0, 0.1) is 0 Å². The lowest BCUT2D eigenvalue weighted by Gasteiger charge is -2.04. The normalized spacial score (nSPS) is 10.6. The molecule has 0 saturated carbocycles. The van der Waals surface area contributed by atoms with Crippen LogP contribution >= 0.6 is 55.1 Å². The van der Waals surface area contributed by atoms with E-state index in [0.717, 1.165) is 10.0 Å². The summed E-state index contributed by atoms with van der Waals surface area (Å²) in [5, 5.41) is 0.661. The molecule has 0 aliphatic heterocycles. The topological polar surface area (TPSA) is 25.8 Å². The lowest BCUT2D eigenvalue weighted by molar-refractivity contribution is 0.962. The quantitative estimate of drug-likeness (QED) is 0.675. The van der Waals surface area contributed by atoms with Gasteiger partial charge in [0.2, 0.25) is 0 Å². The predicted molar refractivity (Wildman–Crippen MR) is 76.7 cm³/mol. The molecular weight excluding hydrogens is 391 g/mol. The monoisotopic (exact) mass is 394 g/mol. The Labute approximate surface area is 126 Å². The van der Waals surface area contributed by atoms with Crippen molar-refractivity contribution in [1.82, 2.24) is 9.97 Å². The molecule has 0 N–H and O–H groups in total. The van der Waals surface area contributed by atoms with Crippen LogP contribution in [0.2, 0.25) is 10.3 Å². The van der Waals surface area contributed by atoms with E-state index in [9.17, 15) is 0 Å². The lowest BCUT2D eigenvalue weighted by atomic mass is 10.1. The Balaban J connectivity index is 2.27. The maximum Gasteiger partial charge on any atom is 0.148 e. The van der Waals surface area contributed by atoms with Gasteiger partial charge in [-0.05, 0) is 33.6 Å². The van der Waals surface area contributed by atoms with Gasteiger partial charge in [0.05, 0.1) is 4.47 Å². The van der Waals surface area contributed by atoms with Gasteiger partial charge in [-0.2, -0.15) is 0 Å². The Morgan fingerprint density at radius 2 is 1.47 bits per heavy atom. The Kier molecular flexibility index (Phi) is 4.42. The number of rotatable bonds is 2. The standard InChI is InChI=1S/C11H6Br2Cl2N2/c12-7-3-1-6(2-4-7)5-8-16-10(14)9(13)11(15)17-8/h1-4H,5H2. The predicted octanol–water partition coefficient (Wildman–Crippen LogP) is 4.90. The van der Waals surface area contributed by atoms with E-state index in [1.54, 1.807) is 0 Å². The fourth-order valence-electron chi connectivity index (χ4n) is 1.30. The van der Waals surface area contributed by atoms with Crippen LogP contribution < -0.4 is 0 Å². The molecule has 2 aromatic rings. The van der Waals surface area contributed by atoms with Gasteiger partial charge in [0.25, 0.3) is 0 Å². The molecule has 2 rings (SSSR count). The van der Waals surface area contributed by atoms with E-state index in [2.05, 4.69) is 41.8 Å². The molecule has 2 nitrogen and oxygen atoms in total. The van der Waals surface area contributed by atoms with E-state index in [4.69, 9.17) is 23.2 Å². The summed E-state index contributed by atoms with van der Waals surface area (Å²) in [5.74, 6) is 0.602. The van der Waals surface area contributed by atoms with Crippen LogP contribution in [0.25, 0.3) is 0 Å². The molecule has 0 amide bonds. The van der Waals surface area contributed by atoms with Crippen molar-refractivity contribution in [1.29, 1.82) is 0 Å². The second kappa shape index (κ2) is 5.65. The fraction of sp³-hybridized carbons (Fsp3) is 0.0909. The van der Waals surface area contributed by atoms with Gasteiger partial charge in [0.1, 0.15) is 16.1 Å². The summed E-state index contributed by atoms with van der Waals surface area (Å²) in [6.45, 7) is 0. The van der Waals surface area contributed by atoms with Crippen molar-refractivity contribution in [2.24, 2.45) is 0 Å². The zero-order valence-electron chi connectivity index (χ0n) is 8.42. The molecule has 0 aliphatic rings. The maximum atomic E-state index is 5.92. The summed E-state index contributed by atoms with van der Waals surface area (Å²) in [6.07, 6.45) is 0.597. The lowest BCUT2D eigenvalue weighted by Crippen LogP contribution is -1.98. The smallest absolute Gasteiger partial charge is 0.148 e. The van der Waals surface area contributed by atoms with Gasteiger partial charge in [0, 0.05) is 10.9 Å². The SMILES string of the molecule is Clc1nc(Cc2ccc(Br)cc2)nc(Cl)c1Br. The molecule has 1 aromatic heterocycles. The summed E-state index contributed by atoms with van der Waals surface area (Å²) < 4.78 is 1.56. The summed E-state index contributed by atoms with van der Waals surface area (Å²) >= 11 is 18.4. The Morgan fingerprint density at radius 1 is 0.941 bits per heavy atom. The number of nitrogens with zero attached hydrogens (tertiary/aromatic N) is 2. The second-order valence-corrected chi connectivity index (χ2v) is 5.76. The molecule has 0 radical (unpaired) electrons. The highest BCUT2D eigenvalue weighted by Gasteiger charge is 2.09. The van der Waals surface area contributed by atoms with Crippen LogP contribution in [0.5, 0.6) is 0 Å². The van der Waals surface area contributed by atoms with Gasteiger partial charge in [0.15, 0.2) is 0 Å². The molecule has 6 heteroatoms. The zero-order valence-corrected chi connectivity index (χ0v) is 13.1. The van der Waals surface area contributed by atoms with Gasteiger partial charge in [-0.3, -0.25) is 0 Å². The first-order chi connectivity index (χ1) is 8.06. The van der Waals surface area contributed by atoms with Crippen LogP contribution in [0.3, 0.4) is 0 Å². The highest BCUT2D eigenvalue weighted by molar-refractivity contribution is 9.10. The molecule has 0 spiro atoms. The van der Waals surface area contributed by atoms with E-state index in [1.165, 1.54) is 0 Å². The minimum absolute atomic E-state index is 0.331. The minimum atomic E-state index is 0.331.